The Balaban J connectivity index is 1.69. The first kappa shape index (κ1) is 24.4. The van der Waals surface area contributed by atoms with Crippen LogP contribution < -0.4 is 0 Å². The Bertz CT molecular complexity index is 786. The van der Waals surface area contributed by atoms with Gasteiger partial charge in [0.2, 0.25) is 0 Å². The van der Waals surface area contributed by atoms with Gasteiger partial charge in [0.25, 0.3) is 0 Å². The van der Waals surface area contributed by atoms with Gasteiger partial charge < -0.3 is 20.4 Å². The van der Waals surface area contributed by atoms with Crippen molar-refractivity contribution in [1.82, 2.24) is 0 Å². The molecular formula is C28H46O4. The number of hydrogen-bond donors (Lipinski definition) is 4. The maximum absolute atomic E-state index is 11.6. The molecule has 0 aromatic rings. The lowest BCUT2D eigenvalue weighted by atomic mass is 9.45. The second-order valence-electron chi connectivity index (χ2n) is 12.6. The number of rotatable bonds is 4. The Morgan fingerprint density at radius 2 is 1.62 bits per heavy atom. The van der Waals surface area contributed by atoms with Crippen molar-refractivity contribution in [2.24, 2.45) is 40.4 Å². The molecule has 0 aromatic heterocycles. The molecule has 0 aliphatic heterocycles. The third kappa shape index (κ3) is 3.39. The molecule has 0 radical (unpaired) electrons. The summed E-state index contributed by atoms with van der Waals surface area (Å²) < 4.78 is 0. The van der Waals surface area contributed by atoms with Gasteiger partial charge in [-0.25, -0.2) is 0 Å². The van der Waals surface area contributed by atoms with Crippen LogP contribution in [0, 0.1) is 40.4 Å². The molecule has 3 saturated carbocycles. The number of aliphatic hydroxyl groups excluding tert-OH is 3. The zero-order valence-electron chi connectivity index (χ0n) is 21.0. The fraction of sp³-hybridized carbons (Fsp3) is 0.857. The molecule has 4 N–H and O–H groups in total. The summed E-state index contributed by atoms with van der Waals surface area (Å²) in [4.78, 5) is 0. The molecule has 4 aliphatic rings. The number of hydrogen-bond acceptors (Lipinski definition) is 4. The molecule has 4 heteroatoms. The van der Waals surface area contributed by atoms with Crippen LogP contribution in [-0.2, 0) is 0 Å². The summed E-state index contributed by atoms with van der Waals surface area (Å²) in [6.07, 6.45) is 7.47. The molecule has 0 spiro atoms. The Morgan fingerprint density at radius 3 is 2.28 bits per heavy atom. The number of fused-ring (bicyclic) bond motifs is 4. The highest BCUT2D eigenvalue weighted by Gasteiger charge is 2.67. The van der Waals surface area contributed by atoms with E-state index in [0.717, 1.165) is 31.3 Å². The molecular weight excluding hydrogens is 400 g/mol. The molecule has 0 bridgehead atoms. The zero-order chi connectivity index (χ0) is 23.6. The van der Waals surface area contributed by atoms with Gasteiger partial charge >= 0.3 is 0 Å². The first-order valence-electron chi connectivity index (χ1n) is 13.0. The summed E-state index contributed by atoms with van der Waals surface area (Å²) in [5, 5.41) is 44.4. The zero-order valence-corrected chi connectivity index (χ0v) is 21.0. The van der Waals surface area contributed by atoms with Crippen molar-refractivity contribution in [3.8, 4) is 0 Å². The maximum atomic E-state index is 11.6. The topological polar surface area (TPSA) is 80.9 Å². The van der Waals surface area contributed by atoms with E-state index in [1.54, 1.807) is 0 Å². The second kappa shape index (κ2) is 8.22. The molecule has 4 rings (SSSR count). The highest BCUT2D eigenvalue weighted by Crippen LogP contribution is 2.66. The van der Waals surface area contributed by atoms with Crippen LogP contribution in [0.2, 0.25) is 0 Å². The lowest BCUT2D eigenvalue weighted by molar-refractivity contribution is -0.248. The normalized spacial score (nSPS) is 48.5. The third-order valence-corrected chi connectivity index (χ3v) is 10.7. The predicted octanol–water partition coefficient (Wildman–Crippen LogP) is 4.61. The van der Waals surface area contributed by atoms with Crippen LogP contribution >= 0.6 is 0 Å². The van der Waals surface area contributed by atoms with Crippen LogP contribution in [0.4, 0.5) is 0 Å². The van der Waals surface area contributed by atoms with Gasteiger partial charge in [0, 0.05) is 11.8 Å². The average molecular weight is 447 g/mol. The second-order valence-corrected chi connectivity index (χ2v) is 12.6. The Labute approximate surface area is 194 Å². The van der Waals surface area contributed by atoms with Crippen LogP contribution in [0.1, 0.15) is 86.5 Å². The molecule has 0 saturated heterocycles. The molecule has 4 nitrogen and oxygen atoms in total. The molecule has 3 fully saturated rings. The minimum atomic E-state index is -1.44. The minimum Gasteiger partial charge on any atom is -0.393 e. The highest BCUT2D eigenvalue weighted by molar-refractivity contribution is 5.40. The van der Waals surface area contributed by atoms with E-state index < -0.39 is 29.3 Å². The Kier molecular flexibility index (Phi) is 6.28. The first-order valence-corrected chi connectivity index (χ1v) is 13.0. The van der Waals surface area contributed by atoms with Crippen molar-refractivity contribution < 1.29 is 20.4 Å². The minimum absolute atomic E-state index is 0.0390. The number of allylic oxidation sites excluding steroid dienone is 3. The van der Waals surface area contributed by atoms with Gasteiger partial charge in [-0.1, -0.05) is 59.3 Å². The van der Waals surface area contributed by atoms with Crippen LogP contribution in [-0.4, -0.2) is 44.3 Å². The summed E-state index contributed by atoms with van der Waals surface area (Å²) in [6.45, 7) is 13.6. The molecule has 32 heavy (non-hydrogen) atoms. The monoisotopic (exact) mass is 446 g/mol. The molecule has 182 valence electrons. The van der Waals surface area contributed by atoms with Gasteiger partial charge in [-0.15, -0.1) is 0 Å². The van der Waals surface area contributed by atoms with Crippen molar-refractivity contribution >= 4 is 0 Å². The summed E-state index contributed by atoms with van der Waals surface area (Å²) in [5.74, 6) is 2.28. The van der Waals surface area contributed by atoms with Gasteiger partial charge in [-0.3, -0.25) is 0 Å². The van der Waals surface area contributed by atoms with E-state index in [0.29, 0.717) is 36.5 Å². The van der Waals surface area contributed by atoms with Crippen LogP contribution in [0.15, 0.2) is 23.3 Å². The molecule has 10 atom stereocenters. The van der Waals surface area contributed by atoms with E-state index in [2.05, 4.69) is 53.7 Å². The van der Waals surface area contributed by atoms with Crippen LogP contribution in [0.5, 0.6) is 0 Å². The summed E-state index contributed by atoms with van der Waals surface area (Å²) in [5.41, 5.74) is 0.483. The summed E-state index contributed by atoms with van der Waals surface area (Å²) in [6, 6.07) is 0. The van der Waals surface area contributed by atoms with Gasteiger partial charge in [-0.05, 0) is 79.1 Å². The molecule has 0 amide bonds. The maximum Gasteiger partial charge on any atom is 0.113 e. The van der Waals surface area contributed by atoms with Gasteiger partial charge in [0.1, 0.15) is 17.8 Å². The highest BCUT2D eigenvalue weighted by atomic mass is 16.4. The van der Waals surface area contributed by atoms with E-state index in [9.17, 15) is 20.4 Å². The van der Waals surface area contributed by atoms with Gasteiger partial charge in [0.15, 0.2) is 0 Å². The van der Waals surface area contributed by atoms with Crippen LogP contribution in [0.25, 0.3) is 0 Å². The van der Waals surface area contributed by atoms with Crippen molar-refractivity contribution in [3.63, 3.8) is 0 Å². The molecule has 0 aromatic carbocycles. The van der Waals surface area contributed by atoms with E-state index in [4.69, 9.17) is 0 Å². The average Bonchev–Trinajstić information content (AvgIpc) is 3.09. The van der Waals surface area contributed by atoms with Crippen molar-refractivity contribution in [2.75, 3.05) is 0 Å². The standard InChI is InChI=1S/C28H46O4/c1-16(2)17(3)7-8-18(4)20-9-10-21-23-22(12-13-26(20,21)5)27(6)14-11-19(29)15-28(27,32)25(31)24(23)30/h7-8,16-20,22,24-25,29-32H,9-15H2,1-6H3/b8-7+/t17-,18+,19-,20-,22-,24-,25+,26+,27-,28-/m0/s1. The summed E-state index contributed by atoms with van der Waals surface area (Å²) in [7, 11) is 0. The van der Waals surface area contributed by atoms with Crippen molar-refractivity contribution in [1.29, 1.82) is 0 Å². The summed E-state index contributed by atoms with van der Waals surface area (Å²) >= 11 is 0. The lowest BCUT2D eigenvalue weighted by Crippen LogP contribution is -2.70. The lowest BCUT2D eigenvalue weighted by Gasteiger charge is -2.63. The SMILES string of the molecule is CC(C)[C@@H](C)/C=C/[C@@H](C)[C@@H]1CCC2=C3[C@H](O)[C@@H](O)[C@@]4(O)C[C@@H](O)CC[C@@]4(C)[C@H]3CC[C@@]21C. The fourth-order valence-electron chi connectivity index (χ4n) is 8.09. The van der Waals surface area contributed by atoms with Crippen molar-refractivity contribution in [3.05, 3.63) is 23.3 Å². The number of aliphatic hydroxyl groups is 4. The quantitative estimate of drug-likeness (QED) is 0.475. The Morgan fingerprint density at radius 1 is 0.938 bits per heavy atom. The largest absolute Gasteiger partial charge is 0.393 e. The molecule has 0 heterocycles. The van der Waals surface area contributed by atoms with Gasteiger partial charge in [0.05, 0.1) is 6.10 Å². The van der Waals surface area contributed by atoms with E-state index in [-0.39, 0.29) is 17.8 Å². The van der Waals surface area contributed by atoms with E-state index >= 15 is 0 Å². The van der Waals surface area contributed by atoms with E-state index in [1.165, 1.54) is 5.57 Å². The molecule has 0 unspecified atom stereocenters. The predicted molar refractivity (Wildman–Crippen MR) is 128 cm³/mol. The van der Waals surface area contributed by atoms with E-state index in [1.807, 2.05) is 0 Å². The fourth-order valence-corrected chi connectivity index (χ4v) is 8.09. The molecule has 4 aliphatic carbocycles. The van der Waals surface area contributed by atoms with Crippen molar-refractivity contribution in [2.45, 2.75) is 110 Å². The van der Waals surface area contributed by atoms with Crippen LogP contribution in [0.3, 0.4) is 0 Å². The smallest absolute Gasteiger partial charge is 0.113 e. The van der Waals surface area contributed by atoms with Gasteiger partial charge in [-0.2, -0.15) is 0 Å². The first-order chi connectivity index (χ1) is 14.9. The third-order valence-electron chi connectivity index (χ3n) is 10.7. The Hall–Kier alpha value is -0.680.